The van der Waals surface area contributed by atoms with Gasteiger partial charge in [0.2, 0.25) is 0 Å². The molecule has 0 saturated heterocycles. The van der Waals surface area contributed by atoms with E-state index in [1.54, 1.807) is 7.11 Å². The molecule has 1 N–H and O–H groups in total. The van der Waals surface area contributed by atoms with Gasteiger partial charge in [0.1, 0.15) is 0 Å². The van der Waals surface area contributed by atoms with E-state index in [4.69, 9.17) is 4.74 Å². The van der Waals surface area contributed by atoms with E-state index in [9.17, 15) is 5.11 Å². The summed E-state index contributed by atoms with van der Waals surface area (Å²) in [5.41, 5.74) is 1.17. The van der Waals surface area contributed by atoms with Crippen LogP contribution in [-0.2, 0) is 22.7 Å². The molecule has 0 spiro atoms. The van der Waals surface area contributed by atoms with Gasteiger partial charge in [-0.2, -0.15) is 30.3 Å². The minimum Gasteiger partial charge on any atom is -0.523 e. The molecule has 0 fully saturated rings. The Morgan fingerprint density at radius 2 is 1.30 bits per heavy atom. The van der Waals surface area contributed by atoms with E-state index in [0.29, 0.717) is 5.75 Å². The van der Waals surface area contributed by atoms with Gasteiger partial charge in [-0.05, 0) is 11.1 Å². The monoisotopic (exact) mass is 398 g/mol. The van der Waals surface area contributed by atoms with Crippen molar-refractivity contribution in [3.05, 3.63) is 126 Å². The predicted octanol–water partition coefficient (Wildman–Crippen LogP) is 5.10. The van der Waals surface area contributed by atoms with E-state index < -0.39 is 5.60 Å². The first kappa shape index (κ1) is 20.7. The number of hydrogen-bond donors (Lipinski definition) is 1. The summed E-state index contributed by atoms with van der Waals surface area (Å²) in [6.45, 7) is 0. The first-order chi connectivity index (χ1) is 12.8. The molecule has 0 aromatic heterocycles. The molecule has 0 unspecified atom stereocenters. The fourth-order valence-electron chi connectivity index (χ4n) is 3.04. The molecule has 0 bridgehead atoms. The van der Waals surface area contributed by atoms with Crippen molar-refractivity contribution in [3.63, 3.8) is 0 Å². The molecule has 0 aliphatic heterocycles. The van der Waals surface area contributed by atoms with Crippen molar-refractivity contribution in [3.8, 4) is 5.75 Å². The molecule has 2 nitrogen and oxygen atoms in total. The van der Waals surface area contributed by atoms with Crippen LogP contribution in [0.1, 0.15) is 16.7 Å². The smallest absolute Gasteiger partial charge is 0.523 e. The minimum atomic E-state index is -1.22. The van der Waals surface area contributed by atoms with Crippen molar-refractivity contribution >= 4 is 0 Å². The van der Waals surface area contributed by atoms with Crippen LogP contribution in [-0.4, -0.2) is 12.2 Å². The minimum absolute atomic E-state index is 0. The Morgan fingerprint density at radius 1 is 0.778 bits per heavy atom. The Morgan fingerprint density at radius 3 is 1.70 bits per heavy atom. The fraction of sp³-hybridized carbons (Fsp3) is 0.0833. The summed E-state index contributed by atoms with van der Waals surface area (Å²) >= 11 is 0. The zero-order chi connectivity index (χ0) is 18.2. The van der Waals surface area contributed by atoms with Crippen LogP contribution in [0, 0.1) is 0 Å². The van der Waals surface area contributed by atoms with Crippen LogP contribution in [0.3, 0.4) is 0 Å². The summed E-state index contributed by atoms with van der Waals surface area (Å²) in [6, 6.07) is 35.0. The SMILES string of the molecule is COc1ccc[c-]1C(O)(c1ccccc1)c1ccccc1.[Fe+2].c1cc[cH-]c1. The maximum Gasteiger partial charge on any atom is 2.00 e. The van der Waals surface area contributed by atoms with Crippen LogP contribution in [0.25, 0.3) is 0 Å². The number of ether oxygens (including phenoxy) is 1. The normalized spacial score (nSPS) is 10.3. The molecule has 138 valence electrons. The standard InChI is InChI=1S/C19H17O2.C5H5.Fe/c1-21-18-14-8-13-17(18)19(20,15-9-4-2-5-10-15)16-11-6-3-7-12-16;1-2-4-5-3-1;/h2-14,20H,1H3;1-5H;/q2*-1;+2. The second-order valence-corrected chi connectivity index (χ2v) is 5.91. The van der Waals surface area contributed by atoms with Gasteiger partial charge in [-0.3, -0.25) is 0 Å². The topological polar surface area (TPSA) is 29.5 Å². The Balaban J connectivity index is 0.000000379. The van der Waals surface area contributed by atoms with Crippen LogP contribution >= 0.6 is 0 Å². The summed E-state index contributed by atoms with van der Waals surface area (Å²) in [6.07, 6.45) is 0. The zero-order valence-electron chi connectivity index (χ0n) is 15.1. The van der Waals surface area contributed by atoms with E-state index in [0.717, 1.165) is 16.7 Å². The average Bonchev–Trinajstić information content (AvgIpc) is 3.43. The molecule has 4 rings (SSSR count). The van der Waals surface area contributed by atoms with Crippen molar-refractivity contribution < 1.29 is 26.9 Å². The zero-order valence-corrected chi connectivity index (χ0v) is 16.2. The maximum atomic E-state index is 11.5. The van der Waals surface area contributed by atoms with Gasteiger partial charge in [0.15, 0.2) is 0 Å². The molecule has 3 heteroatoms. The Labute approximate surface area is 171 Å². The van der Waals surface area contributed by atoms with Crippen molar-refractivity contribution in [1.82, 2.24) is 0 Å². The summed E-state index contributed by atoms with van der Waals surface area (Å²) in [5.74, 6) is 0.685. The van der Waals surface area contributed by atoms with Crippen molar-refractivity contribution in [2.24, 2.45) is 0 Å². The van der Waals surface area contributed by atoms with Crippen LogP contribution in [0.2, 0.25) is 0 Å². The molecule has 0 aliphatic rings. The van der Waals surface area contributed by atoms with Crippen LogP contribution < -0.4 is 4.74 Å². The van der Waals surface area contributed by atoms with Gasteiger partial charge in [0.25, 0.3) is 0 Å². The molecule has 0 heterocycles. The Bertz CT molecular complexity index is 824. The summed E-state index contributed by atoms with van der Waals surface area (Å²) in [7, 11) is 1.62. The van der Waals surface area contributed by atoms with E-state index in [-0.39, 0.29) is 17.1 Å². The maximum absolute atomic E-state index is 11.5. The van der Waals surface area contributed by atoms with Gasteiger partial charge >= 0.3 is 17.1 Å². The quantitative estimate of drug-likeness (QED) is 0.383. The first-order valence-electron chi connectivity index (χ1n) is 8.57. The molecule has 0 aliphatic carbocycles. The summed E-state index contributed by atoms with van der Waals surface area (Å²) in [4.78, 5) is 0. The predicted molar refractivity (Wildman–Crippen MR) is 106 cm³/mol. The van der Waals surface area contributed by atoms with Gasteiger partial charge in [-0.25, -0.2) is 18.2 Å². The molecule has 0 radical (unpaired) electrons. The van der Waals surface area contributed by atoms with E-state index in [1.807, 2.05) is 109 Å². The molecular weight excluding hydrogens is 376 g/mol. The van der Waals surface area contributed by atoms with Crippen LogP contribution in [0.4, 0.5) is 0 Å². The third-order valence-electron chi connectivity index (χ3n) is 4.32. The van der Waals surface area contributed by atoms with Crippen molar-refractivity contribution in [1.29, 1.82) is 0 Å². The van der Waals surface area contributed by atoms with Gasteiger partial charge < -0.3 is 9.84 Å². The van der Waals surface area contributed by atoms with E-state index >= 15 is 0 Å². The summed E-state index contributed by atoms with van der Waals surface area (Å²) < 4.78 is 5.41. The molecule has 0 saturated carbocycles. The molecule has 4 aromatic rings. The van der Waals surface area contributed by atoms with Crippen LogP contribution in [0.5, 0.6) is 5.75 Å². The van der Waals surface area contributed by atoms with Crippen LogP contribution in [0.15, 0.2) is 109 Å². The average molecular weight is 398 g/mol. The molecule has 4 aromatic carbocycles. The number of rotatable bonds is 4. The van der Waals surface area contributed by atoms with E-state index in [2.05, 4.69) is 0 Å². The fourth-order valence-corrected chi connectivity index (χ4v) is 3.04. The Kier molecular flexibility index (Phi) is 7.63. The first-order valence-corrected chi connectivity index (χ1v) is 8.57. The van der Waals surface area contributed by atoms with Crippen molar-refractivity contribution in [2.75, 3.05) is 7.11 Å². The second kappa shape index (κ2) is 9.94. The molecular formula is C24H22FeO2. The van der Waals surface area contributed by atoms with Crippen molar-refractivity contribution in [2.45, 2.75) is 5.60 Å². The molecule has 0 atom stereocenters. The third-order valence-corrected chi connectivity index (χ3v) is 4.32. The number of aliphatic hydroxyl groups is 1. The van der Waals surface area contributed by atoms with Gasteiger partial charge in [0.05, 0.1) is 12.7 Å². The van der Waals surface area contributed by atoms with Gasteiger partial charge in [-0.15, -0.1) is 0 Å². The largest absolute Gasteiger partial charge is 2.00 e. The number of benzene rings is 2. The van der Waals surface area contributed by atoms with Gasteiger partial charge in [-0.1, -0.05) is 66.2 Å². The van der Waals surface area contributed by atoms with Gasteiger partial charge in [0, 0.05) is 5.75 Å². The van der Waals surface area contributed by atoms with E-state index in [1.165, 1.54) is 0 Å². The molecule has 0 amide bonds. The second-order valence-electron chi connectivity index (χ2n) is 5.91. The summed E-state index contributed by atoms with van der Waals surface area (Å²) in [5, 5.41) is 11.5. The molecule has 27 heavy (non-hydrogen) atoms. The third kappa shape index (κ3) is 4.58. The Hall–Kier alpha value is -2.58. The number of hydrogen-bond acceptors (Lipinski definition) is 2. The number of methoxy groups -OCH3 is 1.